The van der Waals surface area contributed by atoms with Gasteiger partial charge < -0.3 is 5.32 Å². The zero-order valence-corrected chi connectivity index (χ0v) is 18.2. The van der Waals surface area contributed by atoms with Crippen LogP contribution in [0.1, 0.15) is 16.7 Å². The molecule has 0 radical (unpaired) electrons. The molecule has 4 rings (SSSR count). The molecule has 0 atom stereocenters. The van der Waals surface area contributed by atoms with Crippen molar-refractivity contribution in [1.29, 1.82) is 0 Å². The molecule has 1 fully saturated rings. The van der Waals surface area contributed by atoms with Crippen LogP contribution in [0.25, 0.3) is 0 Å². The Morgan fingerprint density at radius 3 is 2.18 bits per heavy atom. The van der Waals surface area contributed by atoms with Crippen LogP contribution >= 0.6 is 24.8 Å². The van der Waals surface area contributed by atoms with Crippen molar-refractivity contribution in [3.05, 3.63) is 65.2 Å². The zero-order valence-electron chi connectivity index (χ0n) is 15.7. The van der Waals surface area contributed by atoms with Gasteiger partial charge in [-0.25, -0.2) is 8.42 Å². The highest BCUT2D eigenvalue weighted by atomic mass is 35.5. The predicted octanol–water partition coefficient (Wildman–Crippen LogP) is 2.68. The van der Waals surface area contributed by atoms with Gasteiger partial charge in [-0.1, -0.05) is 36.4 Å². The van der Waals surface area contributed by atoms with Crippen molar-refractivity contribution >= 4 is 34.8 Å². The first kappa shape index (κ1) is 23.1. The van der Waals surface area contributed by atoms with Crippen molar-refractivity contribution in [3.63, 3.8) is 0 Å². The van der Waals surface area contributed by atoms with Crippen molar-refractivity contribution in [2.75, 3.05) is 32.7 Å². The molecule has 1 N–H and O–H groups in total. The Bertz CT molecular complexity index is 869. The molecule has 2 aromatic rings. The number of nitrogens with zero attached hydrogens (tertiary/aromatic N) is 2. The number of benzene rings is 2. The minimum absolute atomic E-state index is 0. The van der Waals surface area contributed by atoms with Crippen LogP contribution < -0.4 is 5.32 Å². The van der Waals surface area contributed by atoms with Crippen LogP contribution in [-0.2, 0) is 29.5 Å². The van der Waals surface area contributed by atoms with E-state index >= 15 is 0 Å². The van der Waals surface area contributed by atoms with E-state index in [4.69, 9.17) is 0 Å². The summed E-state index contributed by atoms with van der Waals surface area (Å²) in [5, 5.41) is 3.35. The standard InChI is InChI=1S/C20H25N3O2S.2ClH/c24-26(25,23-12-9-18-3-1-2-4-19(18)16-23)20-7-5-17(6-8-20)15-22-13-10-21-11-14-22;;/h1-8,21H,9-16H2;2*1H. The molecule has 5 nitrogen and oxygen atoms in total. The highest BCUT2D eigenvalue weighted by Gasteiger charge is 2.28. The lowest BCUT2D eigenvalue weighted by molar-refractivity contribution is 0.233. The van der Waals surface area contributed by atoms with Crippen molar-refractivity contribution in [2.45, 2.75) is 24.4 Å². The first-order chi connectivity index (χ1) is 12.6. The molecule has 0 bridgehead atoms. The number of nitrogens with one attached hydrogen (secondary N) is 1. The largest absolute Gasteiger partial charge is 0.314 e. The van der Waals surface area contributed by atoms with E-state index in [0.29, 0.717) is 18.0 Å². The van der Waals surface area contributed by atoms with E-state index in [1.165, 1.54) is 5.56 Å². The lowest BCUT2D eigenvalue weighted by atomic mass is 10.0. The summed E-state index contributed by atoms with van der Waals surface area (Å²) in [5.41, 5.74) is 3.53. The third kappa shape index (κ3) is 5.06. The van der Waals surface area contributed by atoms with Crippen molar-refractivity contribution in [1.82, 2.24) is 14.5 Å². The van der Waals surface area contributed by atoms with Gasteiger partial charge >= 0.3 is 0 Å². The lowest BCUT2D eigenvalue weighted by Gasteiger charge is -2.28. The van der Waals surface area contributed by atoms with E-state index in [2.05, 4.69) is 16.3 Å². The van der Waals surface area contributed by atoms with Crippen LogP contribution in [0.2, 0.25) is 0 Å². The van der Waals surface area contributed by atoms with Crippen molar-refractivity contribution in [2.24, 2.45) is 0 Å². The van der Waals surface area contributed by atoms with Gasteiger partial charge in [-0.15, -0.1) is 24.8 Å². The Kier molecular flexibility index (Phi) is 8.30. The van der Waals surface area contributed by atoms with Gasteiger partial charge in [-0.05, 0) is 35.2 Å². The van der Waals surface area contributed by atoms with E-state index in [9.17, 15) is 8.42 Å². The Labute approximate surface area is 180 Å². The highest BCUT2D eigenvalue weighted by molar-refractivity contribution is 7.89. The molecule has 0 aromatic heterocycles. The van der Waals surface area contributed by atoms with Gasteiger partial charge in [0, 0.05) is 45.8 Å². The Balaban J connectivity index is 0.00000140. The summed E-state index contributed by atoms with van der Waals surface area (Å²) < 4.78 is 27.6. The number of rotatable bonds is 4. The predicted molar refractivity (Wildman–Crippen MR) is 117 cm³/mol. The fraction of sp³-hybridized carbons (Fsp3) is 0.400. The van der Waals surface area contributed by atoms with Gasteiger partial charge in [-0.3, -0.25) is 4.90 Å². The maximum atomic E-state index is 13.0. The molecule has 2 heterocycles. The fourth-order valence-electron chi connectivity index (χ4n) is 3.72. The summed E-state index contributed by atoms with van der Waals surface area (Å²) in [6.45, 7) is 5.98. The summed E-state index contributed by atoms with van der Waals surface area (Å²) in [4.78, 5) is 2.78. The van der Waals surface area contributed by atoms with E-state index in [0.717, 1.165) is 50.3 Å². The molecule has 0 unspecified atom stereocenters. The number of piperazine rings is 1. The molecular formula is C20H27Cl2N3O2S. The molecule has 28 heavy (non-hydrogen) atoms. The second kappa shape index (κ2) is 10.1. The molecule has 8 heteroatoms. The second-order valence-electron chi connectivity index (χ2n) is 7.03. The lowest BCUT2D eigenvalue weighted by Crippen LogP contribution is -2.42. The summed E-state index contributed by atoms with van der Waals surface area (Å²) in [7, 11) is -3.44. The van der Waals surface area contributed by atoms with Crippen LogP contribution in [0, 0.1) is 0 Å². The molecule has 2 aliphatic heterocycles. The summed E-state index contributed by atoms with van der Waals surface area (Å²) in [6.07, 6.45) is 0.774. The first-order valence-corrected chi connectivity index (χ1v) is 10.7. The van der Waals surface area contributed by atoms with Gasteiger partial charge in [-0.2, -0.15) is 4.31 Å². The number of fused-ring (bicyclic) bond motifs is 1. The molecule has 0 saturated carbocycles. The van der Waals surface area contributed by atoms with Crippen molar-refractivity contribution < 1.29 is 8.42 Å². The number of hydrogen-bond acceptors (Lipinski definition) is 4. The first-order valence-electron chi connectivity index (χ1n) is 9.22. The monoisotopic (exact) mass is 443 g/mol. The van der Waals surface area contributed by atoms with Gasteiger partial charge in [0.25, 0.3) is 0 Å². The van der Waals surface area contributed by atoms with Crippen LogP contribution in [-0.4, -0.2) is 50.3 Å². The van der Waals surface area contributed by atoms with Crippen LogP contribution in [0.5, 0.6) is 0 Å². The Morgan fingerprint density at radius 1 is 0.857 bits per heavy atom. The number of sulfonamides is 1. The van der Waals surface area contributed by atoms with Gasteiger partial charge in [0.05, 0.1) is 4.90 Å². The average molecular weight is 444 g/mol. The molecule has 0 spiro atoms. The summed E-state index contributed by atoms with van der Waals surface area (Å²) >= 11 is 0. The highest BCUT2D eigenvalue weighted by Crippen LogP contribution is 2.25. The topological polar surface area (TPSA) is 52.7 Å². The minimum atomic E-state index is -3.44. The van der Waals surface area contributed by atoms with Crippen molar-refractivity contribution in [3.8, 4) is 0 Å². The third-order valence-electron chi connectivity index (χ3n) is 5.27. The van der Waals surface area contributed by atoms with Gasteiger partial charge in [0.15, 0.2) is 0 Å². The second-order valence-corrected chi connectivity index (χ2v) is 8.97. The summed E-state index contributed by atoms with van der Waals surface area (Å²) in [5.74, 6) is 0. The maximum absolute atomic E-state index is 13.0. The fourth-order valence-corrected chi connectivity index (χ4v) is 5.14. The molecule has 2 aliphatic rings. The molecule has 0 aliphatic carbocycles. The molecule has 0 amide bonds. The third-order valence-corrected chi connectivity index (χ3v) is 7.13. The number of halogens is 2. The smallest absolute Gasteiger partial charge is 0.243 e. The van der Waals surface area contributed by atoms with E-state index in [1.54, 1.807) is 16.4 Å². The Hall–Kier alpha value is -1.15. The van der Waals surface area contributed by atoms with E-state index in [1.807, 2.05) is 30.3 Å². The zero-order chi connectivity index (χ0) is 18.0. The molecular weight excluding hydrogens is 417 g/mol. The molecule has 154 valence electrons. The quantitative estimate of drug-likeness (QED) is 0.788. The SMILES string of the molecule is Cl.Cl.O=S(=O)(c1ccc(CN2CCNCC2)cc1)N1CCc2ccccc2C1. The minimum Gasteiger partial charge on any atom is -0.314 e. The maximum Gasteiger partial charge on any atom is 0.243 e. The van der Waals surface area contributed by atoms with Gasteiger partial charge in [0.2, 0.25) is 10.0 Å². The molecule has 1 saturated heterocycles. The van der Waals surface area contributed by atoms with E-state index in [-0.39, 0.29) is 24.8 Å². The number of hydrogen-bond donors (Lipinski definition) is 1. The van der Waals surface area contributed by atoms with Crippen LogP contribution in [0.15, 0.2) is 53.4 Å². The molecule has 2 aromatic carbocycles. The van der Waals surface area contributed by atoms with Gasteiger partial charge in [0.1, 0.15) is 0 Å². The average Bonchev–Trinajstić information content (AvgIpc) is 2.69. The summed E-state index contributed by atoms with van der Waals surface area (Å²) in [6, 6.07) is 15.5. The Morgan fingerprint density at radius 2 is 1.50 bits per heavy atom. The van der Waals surface area contributed by atoms with E-state index < -0.39 is 10.0 Å². The normalized spacial score (nSPS) is 17.9. The van der Waals surface area contributed by atoms with Crippen LogP contribution in [0.3, 0.4) is 0 Å². The van der Waals surface area contributed by atoms with Crippen LogP contribution in [0.4, 0.5) is 0 Å².